The van der Waals surface area contributed by atoms with Crippen LogP contribution in [0.4, 0.5) is 0 Å². The van der Waals surface area contributed by atoms with Crippen molar-refractivity contribution in [1.82, 2.24) is 4.90 Å². The van der Waals surface area contributed by atoms with E-state index in [-0.39, 0.29) is 16.9 Å². The molecule has 0 spiro atoms. The molecule has 104 valence electrons. The number of hydrogen-bond acceptors (Lipinski definition) is 3. The van der Waals surface area contributed by atoms with E-state index < -0.39 is 6.10 Å². The Kier molecular flexibility index (Phi) is 5.57. The number of ether oxygens (including phenoxy) is 1. The molecule has 0 fully saturated rings. The van der Waals surface area contributed by atoms with Crippen molar-refractivity contribution in [1.29, 1.82) is 0 Å². The van der Waals surface area contributed by atoms with Crippen molar-refractivity contribution >= 4 is 34.7 Å². The van der Waals surface area contributed by atoms with E-state index in [2.05, 4.69) is 0 Å². The summed E-state index contributed by atoms with van der Waals surface area (Å²) < 4.78 is 5.55. The second kappa shape index (κ2) is 6.73. The number of thiocarbonyl (C=S) groups is 1. The first kappa shape index (κ1) is 15.7. The maximum absolute atomic E-state index is 12.1. The van der Waals surface area contributed by atoms with Crippen LogP contribution >= 0.6 is 23.8 Å². The summed E-state index contributed by atoms with van der Waals surface area (Å²) in [6, 6.07) is 6.58. The van der Waals surface area contributed by atoms with Gasteiger partial charge in [-0.25, -0.2) is 0 Å². The summed E-state index contributed by atoms with van der Waals surface area (Å²) in [4.78, 5) is 13.9. The van der Waals surface area contributed by atoms with Gasteiger partial charge in [0.15, 0.2) is 6.10 Å². The van der Waals surface area contributed by atoms with E-state index in [0.29, 0.717) is 10.8 Å². The van der Waals surface area contributed by atoms with Crippen LogP contribution in [0.1, 0.15) is 13.8 Å². The zero-order chi connectivity index (χ0) is 14.6. The Morgan fingerprint density at radius 1 is 1.47 bits per heavy atom. The fraction of sp³-hybridized carbons (Fsp3) is 0.385. The van der Waals surface area contributed by atoms with E-state index in [0.717, 1.165) is 0 Å². The van der Waals surface area contributed by atoms with Crippen LogP contribution < -0.4 is 10.5 Å². The van der Waals surface area contributed by atoms with Crippen molar-refractivity contribution in [2.75, 3.05) is 7.05 Å². The van der Waals surface area contributed by atoms with Crippen LogP contribution in [0.5, 0.6) is 5.75 Å². The minimum atomic E-state index is -0.639. The molecule has 0 saturated carbocycles. The molecule has 1 rings (SSSR count). The largest absolute Gasteiger partial charge is 0.481 e. The smallest absolute Gasteiger partial charge is 0.263 e. The number of benzene rings is 1. The molecular weight excluding hydrogens is 284 g/mol. The van der Waals surface area contributed by atoms with Gasteiger partial charge in [-0.15, -0.1) is 0 Å². The van der Waals surface area contributed by atoms with Gasteiger partial charge in [0.1, 0.15) is 5.75 Å². The van der Waals surface area contributed by atoms with Crippen molar-refractivity contribution in [3.05, 3.63) is 29.3 Å². The third-order valence-corrected chi connectivity index (χ3v) is 3.37. The summed E-state index contributed by atoms with van der Waals surface area (Å²) in [5.74, 6) is 0.352. The van der Waals surface area contributed by atoms with Crippen LogP contribution in [-0.4, -0.2) is 35.0 Å². The Balaban J connectivity index is 2.70. The van der Waals surface area contributed by atoms with E-state index in [1.807, 2.05) is 0 Å². The van der Waals surface area contributed by atoms with E-state index in [9.17, 15) is 4.79 Å². The molecule has 2 unspecified atom stereocenters. The molecule has 1 amide bonds. The maximum Gasteiger partial charge on any atom is 0.263 e. The normalized spacial score (nSPS) is 13.5. The molecule has 0 aliphatic heterocycles. The van der Waals surface area contributed by atoms with Crippen LogP contribution in [0.25, 0.3) is 0 Å². The molecule has 0 bridgehead atoms. The summed E-state index contributed by atoms with van der Waals surface area (Å²) in [5, 5.41) is 0.557. The van der Waals surface area contributed by atoms with Crippen LogP contribution in [0.2, 0.25) is 5.02 Å². The van der Waals surface area contributed by atoms with Gasteiger partial charge in [-0.3, -0.25) is 4.79 Å². The van der Waals surface area contributed by atoms with Gasteiger partial charge in [-0.05, 0) is 32.0 Å². The van der Waals surface area contributed by atoms with E-state index in [1.54, 1.807) is 45.2 Å². The van der Waals surface area contributed by atoms with Crippen LogP contribution in [0.15, 0.2) is 24.3 Å². The quantitative estimate of drug-likeness (QED) is 0.847. The van der Waals surface area contributed by atoms with E-state index >= 15 is 0 Å². The molecule has 1 aromatic rings. The molecule has 6 heteroatoms. The first-order valence-electron chi connectivity index (χ1n) is 5.81. The number of nitrogens with zero attached hydrogens (tertiary/aromatic N) is 1. The molecular formula is C13H17ClN2O2S. The molecule has 0 aliphatic rings. The van der Waals surface area contributed by atoms with Gasteiger partial charge in [-0.1, -0.05) is 29.9 Å². The van der Waals surface area contributed by atoms with Crippen LogP contribution in [0.3, 0.4) is 0 Å². The first-order valence-corrected chi connectivity index (χ1v) is 6.59. The fourth-order valence-electron chi connectivity index (χ4n) is 1.46. The highest BCUT2D eigenvalue weighted by Crippen LogP contribution is 2.19. The van der Waals surface area contributed by atoms with Crippen molar-refractivity contribution in [2.24, 2.45) is 5.73 Å². The van der Waals surface area contributed by atoms with Gasteiger partial charge in [-0.2, -0.15) is 0 Å². The Labute approximate surface area is 123 Å². The van der Waals surface area contributed by atoms with E-state index in [1.165, 1.54) is 4.90 Å². The first-order chi connectivity index (χ1) is 8.82. The standard InChI is InChI=1S/C13H17ClN2O2S/c1-8(12(15)19)16(3)13(17)9(2)18-11-6-4-5-10(14)7-11/h4-9H,1-3H3,(H2,15,19). The Bertz CT molecular complexity index is 481. The number of halogens is 1. The predicted octanol–water partition coefficient (Wildman–Crippen LogP) is 2.24. The predicted molar refractivity (Wildman–Crippen MR) is 80.6 cm³/mol. The van der Waals surface area contributed by atoms with Gasteiger partial charge in [0.2, 0.25) is 0 Å². The highest BCUT2D eigenvalue weighted by atomic mass is 35.5. The summed E-state index contributed by atoms with van der Waals surface area (Å²) in [7, 11) is 1.64. The maximum atomic E-state index is 12.1. The van der Waals surface area contributed by atoms with Crippen molar-refractivity contribution < 1.29 is 9.53 Å². The summed E-state index contributed by atoms with van der Waals surface area (Å²) >= 11 is 10.7. The minimum absolute atomic E-state index is 0.194. The number of carbonyl (C=O) groups excluding carboxylic acids is 1. The topological polar surface area (TPSA) is 55.6 Å². The lowest BCUT2D eigenvalue weighted by molar-refractivity contribution is -0.137. The molecule has 0 aromatic heterocycles. The van der Waals surface area contributed by atoms with Gasteiger partial charge in [0, 0.05) is 12.1 Å². The number of likely N-dealkylation sites (N-methyl/N-ethyl adjacent to an activating group) is 1. The SMILES string of the molecule is CC(Oc1cccc(Cl)c1)C(=O)N(C)C(C)C(N)=S. The molecule has 0 radical (unpaired) electrons. The average molecular weight is 301 g/mol. The third kappa shape index (κ3) is 4.36. The fourth-order valence-corrected chi connectivity index (χ4v) is 1.80. The second-order valence-electron chi connectivity index (χ2n) is 4.24. The molecule has 19 heavy (non-hydrogen) atoms. The molecule has 2 N–H and O–H groups in total. The molecule has 2 atom stereocenters. The molecule has 0 aliphatic carbocycles. The highest BCUT2D eigenvalue weighted by Gasteiger charge is 2.24. The molecule has 4 nitrogen and oxygen atoms in total. The lowest BCUT2D eigenvalue weighted by atomic mass is 10.2. The number of nitrogens with two attached hydrogens (primary N) is 1. The molecule has 1 aromatic carbocycles. The van der Waals surface area contributed by atoms with Gasteiger partial charge in [0.25, 0.3) is 5.91 Å². The van der Waals surface area contributed by atoms with Crippen LogP contribution in [-0.2, 0) is 4.79 Å². The number of amides is 1. The Hall–Kier alpha value is -1.33. The Morgan fingerprint density at radius 3 is 2.63 bits per heavy atom. The molecule has 0 saturated heterocycles. The number of hydrogen-bond donors (Lipinski definition) is 1. The number of rotatable bonds is 5. The van der Waals surface area contributed by atoms with Gasteiger partial charge >= 0.3 is 0 Å². The Morgan fingerprint density at radius 2 is 2.11 bits per heavy atom. The lowest BCUT2D eigenvalue weighted by Gasteiger charge is -2.27. The number of carbonyl (C=O) groups is 1. The average Bonchev–Trinajstić information content (AvgIpc) is 2.35. The zero-order valence-electron chi connectivity index (χ0n) is 11.1. The highest BCUT2D eigenvalue weighted by molar-refractivity contribution is 7.80. The molecule has 0 heterocycles. The van der Waals surface area contributed by atoms with Crippen molar-refractivity contribution in [3.63, 3.8) is 0 Å². The van der Waals surface area contributed by atoms with Crippen molar-refractivity contribution in [3.8, 4) is 5.75 Å². The van der Waals surface area contributed by atoms with E-state index in [4.69, 9.17) is 34.3 Å². The monoisotopic (exact) mass is 300 g/mol. The third-order valence-electron chi connectivity index (χ3n) is 2.80. The van der Waals surface area contributed by atoms with Crippen molar-refractivity contribution in [2.45, 2.75) is 26.0 Å². The summed E-state index contributed by atoms with van der Waals surface area (Å²) in [5.41, 5.74) is 5.53. The zero-order valence-corrected chi connectivity index (χ0v) is 12.7. The lowest BCUT2D eigenvalue weighted by Crippen LogP contribution is -2.47. The summed E-state index contributed by atoms with van der Waals surface area (Å²) in [6.45, 7) is 3.44. The minimum Gasteiger partial charge on any atom is -0.481 e. The summed E-state index contributed by atoms with van der Waals surface area (Å²) in [6.07, 6.45) is -0.639. The van der Waals surface area contributed by atoms with Gasteiger partial charge in [0.05, 0.1) is 11.0 Å². The van der Waals surface area contributed by atoms with Gasteiger partial charge < -0.3 is 15.4 Å². The second-order valence-corrected chi connectivity index (χ2v) is 5.15. The van der Waals surface area contributed by atoms with Crippen LogP contribution in [0, 0.1) is 0 Å².